The Morgan fingerprint density at radius 1 is 0.900 bits per heavy atom. The molecule has 0 aliphatic carbocycles. The first-order chi connectivity index (χ1) is 14.7. The summed E-state index contributed by atoms with van der Waals surface area (Å²) in [6.07, 6.45) is 1.76. The topological polar surface area (TPSA) is 57.8 Å². The van der Waals surface area contributed by atoms with Crippen LogP contribution in [0.3, 0.4) is 0 Å². The summed E-state index contributed by atoms with van der Waals surface area (Å²) >= 11 is 3.41. The average Bonchev–Trinajstić information content (AvgIpc) is 3.50. The van der Waals surface area contributed by atoms with Gasteiger partial charge in [0, 0.05) is 36.5 Å². The lowest BCUT2D eigenvalue weighted by Crippen LogP contribution is -2.11. The largest absolute Gasteiger partial charge is 0.322 e. The molecule has 30 heavy (non-hydrogen) atoms. The molecule has 3 heterocycles. The Balaban J connectivity index is 1.42. The number of aromatic nitrogens is 2. The summed E-state index contributed by atoms with van der Waals surface area (Å²) in [5.74, 6) is -0.130. The van der Waals surface area contributed by atoms with Crippen molar-refractivity contribution in [2.45, 2.75) is 0 Å². The Morgan fingerprint density at radius 2 is 1.80 bits per heavy atom. The number of nitrogens with one attached hydrogen (secondary N) is 2. The monoisotopic (exact) mass is 425 g/mol. The molecule has 0 aliphatic rings. The highest BCUT2D eigenvalue weighted by Gasteiger charge is 2.15. The van der Waals surface area contributed by atoms with Crippen molar-refractivity contribution in [3.05, 3.63) is 83.9 Å². The van der Waals surface area contributed by atoms with Gasteiger partial charge in [-0.1, -0.05) is 18.2 Å². The molecule has 6 rings (SSSR count). The van der Waals surface area contributed by atoms with E-state index in [2.05, 4.69) is 45.2 Å². The van der Waals surface area contributed by atoms with Gasteiger partial charge in [0.2, 0.25) is 0 Å². The second-order valence-electron chi connectivity index (χ2n) is 7.13. The number of anilines is 1. The van der Waals surface area contributed by atoms with Crippen LogP contribution in [0.5, 0.6) is 0 Å². The van der Waals surface area contributed by atoms with Crippen molar-refractivity contribution in [2.75, 3.05) is 5.32 Å². The van der Waals surface area contributed by atoms with E-state index in [0.29, 0.717) is 5.56 Å². The van der Waals surface area contributed by atoms with Crippen LogP contribution >= 0.6 is 22.7 Å². The molecule has 0 unspecified atom stereocenters. The fourth-order valence-electron chi connectivity index (χ4n) is 3.75. The number of carbonyl (C=O) groups excluding carboxylic acids is 1. The summed E-state index contributed by atoms with van der Waals surface area (Å²) in [6, 6.07) is 22.4. The van der Waals surface area contributed by atoms with Crippen LogP contribution in [-0.4, -0.2) is 16.1 Å². The second-order valence-corrected chi connectivity index (χ2v) is 9.17. The Bertz CT molecular complexity index is 1520. The molecule has 0 aliphatic heterocycles. The van der Waals surface area contributed by atoms with E-state index < -0.39 is 0 Å². The van der Waals surface area contributed by atoms with Crippen molar-refractivity contribution in [3.8, 4) is 10.4 Å². The minimum absolute atomic E-state index is 0.130. The number of hydrogen-bond acceptors (Lipinski definition) is 4. The van der Waals surface area contributed by atoms with Gasteiger partial charge in [-0.15, -0.1) is 22.7 Å². The molecule has 0 spiro atoms. The molecule has 2 N–H and O–H groups in total. The van der Waals surface area contributed by atoms with Crippen LogP contribution in [0.25, 0.3) is 41.5 Å². The van der Waals surface area contributed by atoms with Crippen molar-refractivity contribution in [1.82, 2.24) is 10.2 Å². The lowest BCUT2D eigenvalue weighted by Gasteiger charge is -2.08. The van der Waals surface area contributed by atoms with E-state index in [-0.39, 0.29) is 5.91 Å². The maximum Gasteiger partial charge on any atom is 0.255 e. The lowest BCUT2D eigenvalue weighted by molar-refractivity contribution is 0.102. The first-order valence-corrected chi connectivity index (χ1v) is 11.2. The van der Waals surface area contributed by atoms with Crippen LogP contribution in [0.2, 0.25) is 0 Å². The van der Waals surface area contributed by atoms with E-state index in [9.17, 15) is 4.79 Å². The maximum absolute atomic E-state index is 13.1. The van der Waals surface area contributed by atoms with Gasteiger partial charge in [-0.05, 0) is 64.7 Å². The normalized spacial score (nSPS) is 11.5. The third-order valence-corrected chi connectivity index (χ3v) is 7.26. The van der Waals surface area contributed by atoms with Gasteiger partial charge in [-0.3, -0.25) is 9.89 Å². The van der Waals surface area contributed by atoms with Gasteiger partial charge >= 0.3 is 0 Å². The van der Waals surface area contributed by atoms with E-state index >= 15 is 0 Å². The molecule has 144 valence electrons. The Morgan fingerprint density at radius 3 is 2.73 bits per heavy atom. The fourth-order valence-corrected chi connectivity index (χ4v) is 5.60. The third-order valence-electron chi connectivity index (χ3n) is 5.21. The average molecular weight is 426 g/mol. The first-order valence-electron chi connectivity index (χ1n) is 9.49. The van der Waals surface area contributed by atoms with Crippen LogP contribution in [0.15, 0.2) is 78.3 Å². The summed E-state index contributed by atoms with van der Waals surface area (Å²) in [7, 11) is 0. The van der Waals surface area contributed by atoms with Crippen LogP contribution < -0.4 is 5.32 Å². The minimum atomic E-state index is -0.130. The van der Waals surface area contributed by atoms with Crippen molar-refractivity contribution in [1.29, 1.82) is 0 Å². The Labute approximate surface area is 179 Å². The zero-order valence-corrected chi connectivity index (χ0v) is 17.3. The molecule has 0 radical (unpaired) electrons. The zero-order valence-electron chi connectivity index (χ0n) is 15.7. The van der Waals surface area contributed by atoms with Crippen LogP contribution in [-0.2, 0) is 0 Å². The number of H-pyrrole nitrogens is 1. The van der Waals surface area contributed by atoms with Crippen LogP contribution in [0.4, 0.5) is 5.69 Å². The highest BCUT2D eigenvalue weighted by Crippen LogP contribution is 2.37. The standard InChI is InChI=1S/C24H15N3OS2/c28-24(26-18-5-6-20-15(10-18)7-8-29-20)16-9-17-13-25-27-23(17)19(11-16)22-12-14-3-1-2-4-21(14)30-22/h1-13H,(H,25,27)(H,26,28). The number of thiophene rings is 2. The van der Waals surface area contributed by atoms with Gasteiger partial charge in [-0.25, -0.2) is 0 Å². The van der Waals surface area contributed by atoms with Crippen LogP contribution in [0.1, 0.15) is 10.4 Å². The summed E-state index contributed by atoms with van der Waals surface area (Å²) in [6.45, 7) is 0. The van der Waals surface area contributed by atoms with E-state index in [1.807, 2.05) is 42.5 Å². The maximum atomic E-state index is 13.1. The minimum Gasteiger partial charge on any atom is -0.322 e. The van der Waals surface area contributed by atoms with Gasteiger partial charge in [0.1, 0.15) is 0 Å². The first kappa shape index (κ1) is 17.4. The van der Waals surface area contributed by atoms with E-state index in [1.165, 1.54) is 14.8 Å². The second kappa shape index (κ2) is 6.79. The molecular formula is C24H15N3OS2. The van der Waals surface area contributed by atoms with E-state index in [0.717, 1.165) is 32.4 Å². The number of hydrogen-bond donors (Lipinski definition) is 2. The molecule has 0 bridgehead atoms. The lowest BCUT2D eigenvalue weighted by atomic mass is 10.0. The molecule has 3 aromatic heterocycles. The molecular weight excluding hydrogens is 410 g/mol. The predicted molar refractivity (Wildman–Crippen MR) is 127 cm³/mol. The van der Waals surface area contributed by atoms with Gasteiger partial charge in [0.15, 0.2) is 0 Å². The van der Waals surface area contributed by atoms with Crippen molar-refractivity contribution in [3.63, 3.8) is 0 Å². The Hall–Kier alpha value is -3.48. The summed E-state index contributed by atoms with van der Waals surface area (Å²) in [5, 5.41) is 15.6. The third kappa shape index (κ3) is 2.89. The summed E-state index contributed by atoms with van der Waals surface area (Å²) in [5.41, 5.74) is 3.34. The van der Waals surface area contributed by atoms with Crippen molar-refractivity contribution in [2.24, 2.45) is 0 Å². The number of carbonyl (C=O) groups is 1. The van der Waals surface area contributed by atoms with Gasteiger partial charge < -0.3 is 5.32 Å². The molecule has 4 nitrogen and oxygen atoms in total. The summed E-state index contributed by atoms with van der Waals surface area (Å²) < 4.78 is 2.43. The molecule has 0 saturated carbocycles. The number of nitrogens with zero attached hydrogens (tertiary/aromatic N) is 1. The number of rotatable bonds is 3. The van der Waals surface area contributed by atoms with E-state index in [4.69, 9.17) is 0 Å². The molecule has 6 aromatic rings. The van der Waals surface area contributed by atoms with Gasteiger partial charge in [-0.2, -0.15) is 5.10 Å². The van der Waals surface area contributed by atoms with Gasteiger partial charge in [0.25, 0.3) is 5.91 Å². The highest BCUT2D eigenvalue weighted by atomic mass is 32.1. The Kier molecular flexibility index (Phi) is 3.94. The number of aromatic amines is 1. The quantitative estimate of drug-likeness (QED) is 0.324. The number of benzene rings is 3. The van der Waals surface area contributed by atoms with Crippen LogP contribution in [0, 0.1) is 0 Å². The zero-order chi connectivity index (χ0) is 20.1. The highest BCUT2D eigenvalue weighted by molar-refractivity contribution is 7.22. The predicted octanol–water partition coefficient (Wildman–Crippen LogP) is 6.91. The smallest absolute Gasteiger partial charge is 0.255 e. The fraction of sp³-hybridized carbons (Fsp3) is 0. The van der Waals surface area contributed by atoms with Crippen molar-refractivity contribution >= 4 is 65.3 Å². The number of amides is 1. The number of fused-ring (bicyclic) bond motifs is 3. The summed E-state index contributed by atoms with van der Waals surface area (Å²) in [4.78, 5) is 14.2. The molecule has 3 aromatic carbocycles. The molecule has 1 amide bonds. The van der Waals surface area contributed by atoms with E-state index in [1.54, 1.807) is 28.9 Å². The SMILES string of the molecule is O=C(Nc1ccc2sccc2c1)c1cc(-c2cc3ccccc3s2)c2[nH]ncc2c1. The van der Waals surface area contributed by atoms with Crippen molar-refractivity contribution < 1.29 is 4.79 Å². The molecule has 0 fully saturated rings. The van der Waals surface area contributed by atoms with Gasteiger partial charge in [0.05, 0.1) is 11.7 Å². The molecule has 6 heteroatoms. The molecule has 0 saturated heterocycles. The molecule has 0 atom stereocenters.